The first-order valence-electron chi connectivity index (χ1n) is 2.72. The van der Waals surface area contributed by atoms with Gasteiger partial charge in [0.15, 0.2) is 0 Å². The van der Waals surface area contributed by atoms with E-state index in [1.165, 1.54) is 3.12 Å². The molecule has 0 amide bonds. The third-order valence-corrected chi connectivity index (χ3v) is 2.61. The predicted molar refractivity (Wildman–Crippen MR) is 38.4 cm³/mol. The summed E-state index contributed by atoms with van der Waals surface area (Å²) in [6.07, 6.45) is 0. The Bertz CT molecular complexity index is 181. The van der Waals surface area contributed by atoms with E-state index >= 15 is 0 Å². The third-order valence-electron chi connectivity index (χ3n) is 1.12. The molecular formula is C7H7OTl. The standard InChI is InChI=1S/C7H7O.Tl/c1-8-7-5-3-2-4-6-7;/h3-6H,1H3;. The molecule has 1 aromatic carbocycles. The third kappa shape index (κ3) is 1.97. The first-order valence-corrected chi connectivity index (χ1v) is 4.97. The van der Waals surface area contributed by atoms with Crippen molar-refractivity contribution in [2.24, 2.45) is 0 Å². The summed E-state index contributed by atoms with van der Waals surface area (Å²) in [4.78, 5) is 0. The van der Waals surface area contributed by atoms with E-state index in [1.807, 2.05) is 12.1 Å². The number of hydrogen-bond donors (Lipinski definition) is 0. The summed E-state index contributed by atoms with van der Waals surface area (Å²) in [5, 5.41) is 0. The molecule has 0 N–H and O–H groups in total. The first-order chi connectivity index (χ1) is 4.33. The number of rotatable bonds is 1. The summed E-state index contributed by atoms with van der Waals surface area (Å²) >= 11 is 0.931. The van der Waals surface area contributed by atoms with Crippen LogP contribution in [-0.2, 0) is 0 Å². The summed E-state index contributed by atoms with van der Waals surface area (Å²) in [5.74, 6) is 0.944. The van der Waals surface area contributed by atoms with Crippen LogP contribution in [0.4, 0.5) is 0 Å². The van der Waals surface area contributed by atoms with E-state index in [0.717, 1.165) is 31.5 Å². The van der Waals surface area contributed by atoms with Crippen molar-refractivity contribution in [3.63, 3.8) is 0 Å². The molecule has 0 aliphatic carbocycles. The van der Waals surface area contributed by atoms with Crippen LogP contribution in [0.2, 0.25) is 0 Å². The van der Waals surface area contributed by atoms with Gasteiger partial charge >= 0.3 is 70.8 Å². The maximum absolute atomic E-state index is 4.99. The Morgan fingerprint density at radius 1 is 1.22 bits per heavy atom. The fourth-order valence-electron chi connectivity index (χ4n) is 0.604. The van der Waals surface area contributed by atoms with Gasteiger partial charge < -0.3 is 0 Å². The Balaban J connectivity index is 2.88. The van der Waals surface area contributed by atoms with Gasteiger partial charge in [-0.15, -0.1) is 0 Å². The van der Waals surface area contributed by atoms with Crippen LogP contribution in [-0.4, -0.2) is 32.9 Å². The molecule has 44 valence electrons. The number of ether oxygens (including phenoxy) is 1. The van der Waals surface area contributed by atoms with Crippen LogP contribution in [0, 0.1) is 0 Å². The molecule has 0 aliphatic rings. The van der Waals surface area contributed by atoms with Crippen molar-refractivity contribution < 1.29 is 4.74 Å². The summed E-state index contributed by atoms with van der Waals surface area (Å²) in [6.45, 7) is 0. The van der Waals surface area contributed by atoms with Gasteiger partial charge in [-0.05, 0) is 0 Å². The number of benzene rings is 1. The second-order valence-corrected chi connectivity index (χ2v) is 4.36. The molecule has 0 bridgehead atoms. The van der Waals surface area contributed by atoms with Gasteiger partial charge in [0, 0.05) is 0 Å². The molecule has 0 saturated heterocycles. The van der Waals surface area contributed by atoms with Crippen LogP contribution < -0.4 is 7.86 Å². The van der Waals surface area contributed by atoms with Crippen molar-refractivity contribution in [2.75, 3.05) is 7.11 Å². The summed E-state index contributed by atoms with van der Waals surface area (Å²) in [5.41, 5.74) is 0. The Hall–Kier alpha value is -0.0579. The molecule has 0 fully saturated rings. The minimum atomic E-state index is 0.931. The van der Waals surface area contributed by atoms with Gasteiger partial charge in [0.25, 0.3) is 0 Å². The zero-order chi connectivity index (χ0) is 6.69. The van der Waals surface area contributed by atoms with E-state index in [-0.39, 0.29) is 0 Å². The second-order valence-electron chi connectivity index (χ2n) is 1.77. The Kier molecular flexibility index (Phi) is 2.51. The topological polar surface area (TPSA) is 9.23 Å². The molecule has 1 nitrogen and oxygen atoms in total. The molecule has 1 aromatic rings. The zero-order valence-electron chi connectivity index (χ0n) is 5.29. The van der Waals surface area contributed by atoms with Gasteiger partial charge in [0.1, 0.15) is 0 Å². The fraction of sp³-hybridized carbons (Fsp3) is 0.143. The summed E-state index contributed by atoms with van der Waals surface area (Å²) in [7, 11) is 1.68. The molecule has 0 aliphatic heterocycles. The van der Waals surface area contributed by atoms with Gasteiger partial charge in [-0.3, -0.25) is 0 Å². The minimum absolute atomic E-state index is 0.931. The summed E-state index contributed by atoms with van der Waals surface area (Å²) in [6, 6.07) is 8.19. The predicted octanol–water partition coefficient (Wildman–Crippen LogP) is 0.489. The molecule has 2 heteroatoms. The normalized spacial score (nSPS) is 8.89. The molecule has 0 atom stereocenters. The number of methoxy groups -OCH3 is 1. The van der Waals surface area contributed by atoms with E-state index in [1.54, 1.807) is 7.11 Å². The van der Waals surface area contributed by atoms with Crippen molar-refractivity contribution >= 4 is 28.9 Å². The Labute approximate surface area is 70.7 Å². The monoisotopic (exact) mass is 312 g/mol. The van der Waals surface area contributed by atoms with Crippen molar-refractivity contribution in [2.45, 2.75) is 0 Å². The van der Waals surface area contributed by atoms with Crippen LogP contribution in [0.1, 0.15) is 0 Å². The van der Waals surface area contributed by atoms with Crippen LogP contribution in [0.25, 0.3) is 0 Å². The van der Waals surface area contributed by atoms with Crippen molar-refractivity contribution in [3.05, 3.63) is 24.3 Å². The molecule has 0 heterocycles. The second kappa shape index (κ2) is 3.20. The average molecular weight is 312 g/mol. The van der Waals surface area contributed by atoms with E-state index in [0.29, 0.717) is 0 Å². The maximum atomic E-state index is 4.99. The SMILES string of the molecule is COc1cc[c]([Tl])cc1. The van der Waals surface area contributed by atoms with Gasteiger partial charge in [-0.25, -0.2) is 0 Å². The zero-order valence-corrected chi connectivity index (χ0v) is 9.78. The molecule has 0 aromatic heterocycles. The quantitative estimate of drug-likeness (QED) is 0.686. The molecule has 0 unspecified atom stereocenters. The van der Waals surface area contributed by atoms with Crippen molar-refractivity contribution in [3.8, 4) is 5.75 Å². The van der Waals surface area contributed by atoms with Crippen LogP contribution in [0.3, 0.4) is 0 Å². The average Bonchev–Trinajstić information content (AvgIpc) is 1.90. The molecule has 1 rings (SSSR count). The van der Waals surface area contributed by atoms with Crippen molar-refractivity contribution in [1.82, 2.24) is 0 Å². The molecule has 0 radical (unpaired) electrons. The van der Waals surface area contributed by atoms with Crippen LogP contribution >= 0.6 is 0 Å². The van der Waals surface area contributed by atoms with Gasteiger partial charge in [-0.1, -0.05) is 0 Å². The first kappa shape index (κ1) is 7.05. The van der Waals surface area contributed by atoms with Crippen molar-refractivity contribution in [1.29, 1.82) is 0 Å². The fourth-order valence-corrected chi connectivity index (χ4v) is 1.35. The van der Waals surface area contributed by atoms with Gasteiger partial charge in [0.05, 0.1) is 0 Å². The van der Waals surface area contributed by atoms with E-state index in [2.05, 4.69) is 12.1 Å². The molecule has 9 heavy (non-hydrogen) atoms. The number of hydrogen-bond acceptors (Lipinski definition) is 1. The molecule has 0 saturated carbocycles. The van der Waals surface area contributed by atoms with Gasteiger partial charge in [-0.2, -0.15) is 0 Å². The molecule has 0 spiro atoms. The van der Waals surface area contributed by atoms with Crippen LogP contribution in [0.15, 0.2) is 24.3 Å². The summed E-state index contributed by atoms with van der Waals surface area (Å²) < 4.78 is 6.41. The van der Waals surface area contributed by atoms with E-state index < -0.39 is 0 Å². The van der Waals surface area contributed by atoms with Crippen LogP contribution in [0.5, 0.6) is 5.75 Å². The molecular weight excluding hydrogens is 304 g/mol. The van der Waals surface area contributed by atoms with E-state index in [4.69, 9.17) is 4.74 Å². The van der Waals surface area contributed by atoms with Gasteiger partial charge in [0.2, 0.25) is 0 Å². The van der Waals surface area contributed by atoms with E-state index in [9.17, 15) is 0 Å². The Morgan fingerprint density at radius 3 is 2.22 bits per heavy atom. The Morgan fingerprint density at radius 2 is 1.78 bits per heavy atom.